The molecule has 0 aliphatic rings. The number of alkyl halides is 3. The summed E-state index contributed by atoms with van der Waals surface area (Å²) in [6, 6.07) is 8.19. The molecular weight excluding hydrogens is 251 g/mol. The Kier molecular flexibility index (Phi) is 3.07. The molecule has 0 amide bonds. The van der Waals surface area contributed by atoms with Gasteiger partial charge in [0.2, 0.25) is 0 Å². The molecule has 0 atom stereocenters. The Morgan fingerprint density at radius 1 is 1.06 bits per heavy atom. The minimum Gasteiger partial charge on any atom is -0.255 e. The molecule has 0 spiro atoms. The quantitative estimate of drug-likeness (QED) is 0.737. The summed E-state index contributed by atoms with van der Waals surface area (Å²) in [7, 11) is 0. The maximum absolute atomic E-state index is 12.5. The van der Waals surface area contributed by atoms with Crippen LogP contribution in [0, 0.1) is 0 Å². The molecule has 1 nitrogen and oxygen atoms in total. The SMILES string of the molecule is FC(F)(F)c1cccc(-c2ccc(Cl)cn2)c1. The lowest BCUT2D eigenvalue weighted by molar-refractivity contribution is -0.137. The second-order valence-electron chi connectivity index (χ2n) is 3.44. The van der Waals surface area contributed by atoms with Gasteiger partial charge in [-0.3, -0.25) is 4.98 Å². The Morgan fingerprint density at radius 2 is 1.82 bits per heavy atom. The van der Waals surface area contributed by atoms with Crippen molar-refractivity contribution in [2.45, 2.75) is 6.18 Å². The van der Waals surface area contributed by atoms with Crippen molar-refractivity contribution in [3.05, 3.63) is 53.2 Å². The molecule has 0 unspecified atom stereocenters. The van der Waals surface area contributed by atoms with Gasteiger partial charge in [-0.1, -0.05) is 23.7 Å². The van der Waals surface area contributed by atoms with E-state index in [9.17, 15) is 13.2 Å². The molecule has 0 bridgehead atoms. The van der Waals surface area contributed by atoms with Gasteiger partial charge in [0.1, 0.15) is 0 Å². The highest BCUT2D eigenvalue weighted by atomic mass is 35.5. The molecule has 1 aromatic heterocycles. The van der Waals surface area contributed by atoms with Crippen molar-refractivity contribution in [1.29, 1.82) is 0 Å². The van der Waals surface area contributed by atoms with E-state index in [-0.39, 0.29) is 0 Å². The fourth-order valence-electron chi connectivity index (χ4n) is 1.40. The van der Waals surface area contributed by atoms with Crippen LogP contribution in [-0.2, 0) is 6.18 Å². The van der Waals surface area contributed by atoms with E-state index in [1.165, 1.54) is 12.3 Å². The fraction of sp³-hybridized carbons (Fsp3) is 0.0833. The van der Waals surface area contributed by atoms with Crippen LogP contribution >= 0.6 is 11.6 Å². The topological polar surface area (TPSA) is 12.9 Å². The number of halogens is 4. The van der Waals surface area contributed by atoms with Gasteiger partial charge in [0.05, 0.1) is 16.3 Å². The van der Waals surface area contributed by atoms with E-state index in [2.05, 4.69) is 4.98 Å². The van der Waals surface area contributed by atoms with E-state index in [0.717, 1.165) is 12.1 Å². The molecule has 0 aliphatic carbocycles. The summed E-state index contributed by atoms with van der Waals surface area (Å²) in [5.74, 6) is 0. The van der Waals surface area contributed by atoms with Crippen molar-refractivity contribution >= 4 is 11.6 Å². The third-order valence-corrected chi connectivity index (χ3v) is 2.44. The predicted octanol–water partition coefficient (Wildman–Crippen LogP) is 4.42. The molecule has 0 N–H and O–H groups in total. The lowest BCUT2D eigenvalue weighted by Crippen LogP contribution is -2.04. The zero-order valence-electron chi connectivity index (χ0n) is 8.50. The molecule has 0 saturated heterocycles. The van der Waals surface area contributed by atoms with Crippen LogP contribution in [0.1, 0.15) is 5.56 Å². The van der Waals surface area contributed by atoms with Gasteiger partial charge in [-0.2, -0.15) is 13.2 Å². The average molecular weight is 258 g/mol. The standard InChI is InChI=1S/C12H7ClF3N/c13-10-4-5-11(17-7-10)8-2-1-3-9(6-8)12(14,15)16/h1-7H. The third kappa shape index (κ3) is 2.77. The second-order valence-corrected chi connectivity index (χ2v) is 3.88. The van der Waals surface area contributed by atoms with E-state index in [1.54, 1.807) is 18.2 Å². The number of hydrogen-bond donors (Lipinski definition) is 0. The maximum atomic E-state index is 12.5. The maximum Gasteiger partial charge on any atom is 0.416 e. The fourth-order valence-corrected chi connectivity index (χ4v) is 1.51. The Morgan fingerprint density at radius 3 is 2.41 bits per heavy atom. The van der Waals surface area contributed by atoms with Crippen LogP contribution in [0.4, 0.5) is 13.2 Å². The van der Waals surface area contributed by atoms with E-state index < -0.39 is 11.7 Å². The molecule has 1 heterocycles. The summed E-state index contributed by atoms with van der Waals surface area (Å²) >= 11 is 5.66. The molecule has 1 aromatic carbocycles. The van der Waals surface area contributed by atoms with Crippen molar-refractivity contribution in [1.82, 2.24) is 4.98 Å². The second kappa shape index (κ2) is 4.37. The summed E-state index contributed by atoms with van der Waals surface area (Å²) in [4.78, 5) is 3.97. The zero-order chi connectivity index (χ0) is 12.5. The van der Waals surface area contributed by atoms with Gasteiger partial charge in [-0.25, -0.2) is 0 Å². The number of pyridine rings is 1. The van der Waals surface area contributed by atoms with Gasteiger partial charge in [0.15, 0.2) is 0 Å². The first-order valence-corrected chi connectivity index (χ1v) is 5.14. The average Bonchev–Trinajstić information content (AvgIpc) is 2.29. The first-order valence-electron chi connectivity index (χ1n) is 4.76. The summed E-state index contributed by atoms with van der Waals surface area (Å²) in [5, 5.41) is 0.445. The summed E-state index contributed by atoms with van der Waals surface area (Å²) < 4.78 is 37.5. The zero-order valence-corrected chi connectivity index (χ0v) is 9.26. The Labute approximate surface area is 101 Å². The van der Waals surface area contributed by atoms with Crippen LogP contribution in [0.3, 0.4) is 0 Å². The number of benzene rings is 1. The number of rotatable bonds is 1. The first kappa shape index (κ1) is 11.9. The van der Waals surface area contributed by atoms with Crippen molar-refractivity contribution in [2.75, 3.05) is 0 Å². The normalized spacial score (nSPS) is 11.5. The molecule has 88 valence electrons. The van der Waals surface area contributed by atoms with Crippen LogP contribution in [0.2, 0.25) is 5.02 Å². The largest absolute Gasteiger partial charge is 0.416 e. The summed E-state index contributed by atoms with van der Waals surface area (Å²) in [6.45, 7) is 0. The van der Waals surface area contributed by atoms with E-state index in [0.29, 0.717) is 16.3 Å². The molecular formula is C12H7ClF3N. The van der Waals surface area contributed by atoms with Crippen molar-refractivity contribution < 1.29 is 13.2 Å². The van der Waals surface area contributed by atoms with Crippen LogP contribution in [0.15, 0.2) is 42.6 Å². The number of hydrogen-bond acceptors (Lipinski definition) is 1. The van der Waals surface area contributed by atoms with E-state index in [4.69, 9.17) is 11.6 Å². The molecule has 2 aromatic rings. The smallest absolute Gasteiger partial charge is 0.255 e. The molecule has 17 heavy (non-hydrogen) atoms. The Bertz CT molecular complexity index is 520. The third-order valence-electron chi connectivity index (χ3n) is 2.21. The van der Waals surface area contributed by atoms with E-state index in [1.807, 2.05) is 0 Å². The van der Waals surface area contributed by atoms with Crippen molar-refractivity contribution in [2.24, 2.45) is 0 Å². The highest BCUT2D eigenvalue weighted by molar-refractivity contribution is 6.30. The highest BCUT2D eigenvalue weighted by Gasteiger charge is 2.30. The first-order chi connectivity index (χ1) is 7.97. The van der Waals surface area contributed by atoms with E-state index >= 15 is 0 Å². The van der Waals surface area contributed by atoms with Gasteiger partial charge in [-0.05, 0) is 24.3 Å². The van der Waals surface area contributed by atoms with Crippen LogP contribution < -0.4 is 0 Å². The van der Waals surface area contributed by atoms with Crippen LogP contribution in [-0.4, -0.2) is 4.98 Å². The van der Waals surface area contributed by atoms with Gasteiger partial charge in [0, 0.05) is 11.8 Å². The highest BCUT2D eigenvalue weighted by Crippen LogP contribution is 2.31. The number of nitrogens with zero attached hydrogens (tertiary/aromatic N) is 1. The van der Waals surface area contributed by atoms with Crippen molar-refractivity contribution in [3.8, 4) is 11.3 Å². The minimum absolute atomic E-state index is 0.413. The summed E-state index contributed by atoms with van der Waals surface area (Å²) in [6.07, 6.45) is -2.94. The van der Waals surface area contributed by atoms with Gasteiger partial charge in [-0.15, -0.1) is 0 Å². The Balaban J connectivity index is 2.43. The molecule has 0 fully saturated rings. The van der Waals surface area contributed by atoms with Gasteiger partial charge < -0.3 is 0 Å². The van der Waals surface area contributed by atoms with Gasteiger partial charge >= 0.3 is 6.18 Å². The molecule has 0 saturated carbocycles. The van der Waals surface area contributed by atoms with Gasteiger partial charge in [0.25, 0.3) is 0 Å². The minimum atomic E-state index is -4.34. The predicted molar refractivity (Wildman–Crippen MR) is 59.7 cm³/mol. The molecule has 0 aliphatic heterocycles. The molecule has 2 rings (SSSR count). The summed E-state index contributed by atoms with van der Waals surface area (Å²) in [5.41, 5.74) is 0.184. The molecule has 5 heteroatoms. The monoisotopic (exact) mass is 257 g/mol. The van der Waals surface area contributed by atoms with Crippen molar-refractivity contribution in [3.63, 3.8) is 0 Å². The number of aromatic nitrogens is 1. The lowest BCUT2D eigenvalue weighted by Gasteiger charge is -2.08. The Hall–Kier alpha value is -1.55. The van der Waals surface area contributed by atoms with Crippen LogP contribution in [0.25, 0.3) is 11.3 Å². The molecule has 0 radical (unpaired) electrons. The van der Waals surface area contributed by atoms with Crippen LogP contribution in [0.5, 0.6) is 0 Å². The lowest BCUT2D eigenvalue weighted by atomic mass is 10.1.